The fourth-order valence-electron chi connectivity index (χ4n) is 4.00. The zero-order valence-corrected chi connectivity index (χ0v) is 18.5. The first-order valence-electron chi connectivity index (χ1n) is 10.8. The second kappa shape index (κ2) is 8.51. The first kappa shape index (κ1) is 21.5. The highest BCUT2D eigenvalue weighted by atomic mass is 16.7. The van der Waals surface area contributed by atoms with Gasteiger partial charge in [-0.2, -0.15) is 0 Å². The molecule has 0 fully saturated rings. The Balaban J connectivity index is 1.71. The van der Waals surface area contributed by atoms with Gasteiger partial charge in [0.25, 0.3) is 6.29 Å². The molecule has 0 bridgehead atoms. The lowest BCUT2D eigenvalue weighted by Crippen LogP contribution is -2.15. The fourth-order valence-corrected chi connectivity index (χ4v) is 4.00. The summed E-state index contributed by atoms with van der Waals surface area (Å²) < 4.78 is 22.3. The lowest BCUT2D eigenvalue weighted by atomic mass is 9.91. The molecule has 0 amide bonds. The van der Waals surface area contributed by atoms with Gasteiger partial charge in [0.05, 0.1) is 12.2 Å². The van der Waals surface area contributed by atoms with E-state index in [0.717, 1.165) is 5.56 Å². The fraction of sp³-hybridized carbons (Fsp3) is 0.148. The number of rotatable bonds is 5. The molecule has 34 heavy (non-hydrogen) atoms. The number of hydrogen-bond acceptors (Lipinski definition) is 7. The van der Waals surface area contributed by atoms with Gasteiger partial charge in [0.1, 0.15) is 17.1 Å². The van der Waals surface area contributed by atoms with Crippen LogP contribution in [-0.2, 0) is 14.3 Å². The van der Waals surface area contributed by atoms with E-state index in [-0.39, 0.29) is 12.0 Å². The number of esters is 2. The molecule has 0 saturated carbocycles. The maximum atomic E-state index is 12.7. The Morgan fingerprint density at radius 1 is 1.00 bits per heavy atom. The average molecular weight is 456 g/mol. The highest BCUT2D eigenvalue weighted by Crippen LogP contribution is 2.42. The summed E-state index contributed by atoms with van der Waals surface area (Å²) >= 11 is 0. The Hall–Kier alpha value is -4.39. The van der Waals surface area contributed by atoms with Crippen LogP contribution in [0, 0.1) is 0 Å². The molecule has 1 aliphatic carbocycles. The van der Waals surface area contributed by atoms with Crippen LogP contribution in [0.15, 0.2) is 81.5 Å². The van der Waals surface area contributed by atoms with Gasteiger partial charge in [0.2, 0.25) is 0 Å². The predicted octanol–water partition coefficient (Wildman–Crippen LogP) is 4.95. The Morgan fingerprint density at radius 3 is 2.59 bits per heavy atom. The summed E-state index contributed by atoms with van der Waals surface area (Å²) in [5.74, 6) is -0.0794. The third-order valence-electron chi connectivity index (χ3n) is 5.54. The van der Waals surface area contributed by atoms with E-state index >= 15 is 0 Å². The summed E-state index contributed by atoms with van der Waals surface area (Å²) in [5.41, 5.74) is 3.18. The van der Waals surface area contributed by atoms with Crippen LogP contribution in [-0.4, -0.2) is 24.8 Å². The zero-order valence-electron chi connectivity index (χ0n) is 18.5. The largest absolute Gasteiger partial charge is 0.462 e. The number of carbonyl (C=O) groups is 2. The van der Waals surface area contributed by atoms with Crippen molar-refractivity contribution in [3.63, 3.8) is 0 Å². The third-order valence-corrected chi connectivity index (χ3v) is 5.54. The van der Waals surface area contributed by atoms with Gasteiger partial charge >= 0.3 is 11.9 Å². The second-order valence-corrected chi connectivity index (χ2v) is 7.80. The van der Waals surface area contributed by atoms with Gasteiger partial charge < -0.3 is 18.6 Å². The van der Waals surface area contributed by atoms with E-state index in [2.05, 4.69) is 0 Å². The van der Waals surface area contributed by atoms with Crippen LogP contribution in [0.1, 0.15) is 24.2 Å². The molecule has 2 aliphatic heterocycles. The molecule has 7 heteroatoms. The predicted molar refractivity (Wildman–Crippen MR) is 125 cm³/mol. The van der Waals surface area contributed by atoms with Crippen molar-refractivity contribution in [2.75, 3.05) is 6.61 Å². The van der Waals surface area contributed by atoms with Crippen molar-refractivity contribution in [3.8, 4) is 28.2 Å². The minimum atomic E-state index is -0.831. The van der Waals surface area contributed by atoms with E-state index in [1.54, 1.807) is 50.3 Å². The number of benzene rings is 3. The Morgan fingerprint density at radius 2 is 1.82 bits per heavy atom. The van der Waals surface area contributed by atoms with Crippen molar-refractivity contribution in [1.29, 1.82) is 0 Å². The lowest BCUT2D eigenvalue weighted by molar-refractivity contribution is -0.148. The van der Waals surface area contributed by atoms with Gasteiger partial charge in [0.15, 0.2) is 5.43 Å². The normalized spacial score (nSPS) is 15.3. The van der Waals surface area contributed by atoms with Gasteiger partial charge in [-0.05, 0) is 49.7 Å². The third kappa shape index (κ3) is 3.81. The van der Waals surface area contributed by atoms with Crippen molar-refractivity contribution in [1.82, 2.24) is 0 Å². The molecule has 2 heterocycles. The van der Waals surface area contributed by atoms with Crippen molar-refractivity contribution in [3.05, 3.63) is 88.1 Å². The first-order chi connectivity index (χ1) is 16.4. The molecule has 0 radical (unpaired) electrons. The summed E-state index contributed by atoms with van der Waals surface area (Å²) in [4.78, 5) is 36.4. The number of cyclic esters (lactones) is 1. The highest BCUT2D eigenvalue weighted by Gasteiger charge is 2.25. The minimum absolute atomic E-state index is 0.203. The number of hydrogen-bond donors (Lipinski definition) is 0. The molecule has 2 aromatic rings. The van der Waals surface area contributed by atoms with E-state index in [1.807, 2.05) is 18.2 Å². The molecule has 170 valence electrons. The maximum absolute atomic E-state index is 12.7. The van der Waals surface area contributed by atoms with Crippen LogP contribution >= 0.6 is 0 Å². The van der Waals surface area contributed by atoms with Crippen LogP contribution < -0.4 is 10.2 Å². The molecule has 5 rings (SSSR count). The molecule has 0 aromatic heterocycles. The van der Waals surface area contributed by atoms with Crippen LogP contribution in [0.4, 0.5) is 0 Å². The van der Waals surface area contributed by atoms with Crippen molar-refractivity contribution in [2.24, 2.45) is 0 Å². The van der Waals surface area contributed by atoms with Gasteiger partial charge in [-0.3, -0.25) is 4.79 Å². The molecule has 1 atom stereocenters. The second-order valence-electron chi connectivity index (χ2n) is 7.80. The molecule has 2 aromatic carbocycles. The maximum Gasteiger partial charge on any atom is 0.338 e. The lowest BCUT2D eigenvalue weighted by Gasteiger charge is -2.18. The molecular weight excluding hydrogens is 436 g/mol. The number of fused-ring (bicyclic) bond motifs is 2. The molecule has 0 spiro atoms. The van der Waals surface area contributed by atoms with Crippen molar-refractivity contribution in [2.45, 2.75) is 20.1 Å². The average Bonchev–Trinajstić information content (AvgIpc) is 3.13. The molecule has 0 N–H and O–H groups in total. The van der Waals surface area contributed by atoms with Crippen LogP contribution in [0.25, 0.3) is 33.4 Å². The number of ether oxygens (including phenoxy) is 3. The van der Waals surface area contributed by atoms with Crippen molar-refractivity contribution < 1.29 is 28.2 Å². The summed E-state index contributed by atoms with van der Waals surface area (Å²) in [5, 5.41) is 0.713. The minimum Gasteiger partial charge on any atom is -0.462 e. The molecular formula is C27H20O7. The zero-order chi connectivity index (χ0) is 23.8. The summed E-state index contributed by atoms with van der Waals surface area (Å²) in [6.45, 7) is 3.66. The van der Waals surface area contributed by atoms with E-state index < -0.39 is 18.2 Å². The highest BCUT2D eigenvalue weighted by molar-refractivity contribution is 6.07. The van der Waals surface area contributed by atoms with Crippen molar-refractivity contribution >= 4 is 22.9 Å². The Kier molecular flexibility index (Phi) is 5.37. The van der Waals surface area contributed by atoms with Crippen LogP contribution in [0.3, 0.4) is 0 Å². The molecule has 0 saturated heterocycles. The van der Waals surface area contributed by atoms with E-state index in [0.29, 0.717) is 44.7 Å². The standard InChI is InChI=1S/C27H20O7/c1-3-31-27(30)19-7-5-4-6-18(19)25-20-10-8-16(28)13-22(20)33-23-14-17(9-11-21(23)25)32-24-12-15(2)26(29)34-24/h4-14,24H,3H2,1-2H3. The monoisotopic (exact) mass is 456 g/mol. The smallest absolute Gasteiger partial charge is 0.338 e. The van der Waals surface area contributed by atoms with E-state index in [1.165, 1.54) is 12.1 Å². The molecule has 1 unspecified atom stereocenters. The number of carbonyl (C=O) groups excluding carboxylic acids is 2. The van der Waals surface area contributed by atoms with Gasteiger partial charge in [-0.1, -0.05) is 18.2 Å². The Bertz CT molecular complexity index is 1490. The summed E-state index contributed by atoms with van der Waals surface area (Å²) in [7, 11) is 0. The quantitative estimate of drug-likeness (QED) is 0.310. The van der Waals surface area contributed by atoms with Gasteiger partial charge in [-0.15, -0.1) is 0 Å². The SMILES string of the molecule is CCOC(=O)c1ccccc1-c1c2ccc(=O)cc-2oc2cc(OC3C=C(C)C(=O)O3)ccc12. The summed E-state index contributed by atoms with van der Waals surface area (Å²) in [6, 6.07) is 16.9. The molecule has 7 nitrogen and oxygen atoms in total. The first-order valence-corrected chi connectivity index (χ1v) is 10.8. The van der Waals surface area contributed by atoms with E-state index in [9.17, 15) is 14.4 Å². The van der Waals surface area contributed by atoms with Crippen LogP contribution in [0.2, 0.25) is 0 Å². The van der Waals surface area contributed by atoms with E-state index in [4.69, 9.17) is 18.6 Å². The topological polar surface area (TPSA) is 92.0 Å². The Labute approximate surface area is 194 Å². The van der Waals surface area contributed by atoms with Gasteiger partial charge in [0, 0.05) is 40.3 Å². The molecule has 3 aliphatic rings. The summed E-state index contributed by atoms with van der Waals surface area (Å²) in [6.07, 6.45) is 0.761. The van der Waals surface area contributed by atoms with Gasteiger partial charge in [-0.25, -0.2) is 9.59 Å². The van der Waals surface area contributed by atoms with Crippen LogP contribution in [0.5, 0.6) is 5.75 Å².